The summed E-state index contributed by atoms with van der Waals surface area (Å²) in [5.74, 6) is 4.65. The summed E-state index contributed by atoms with van der Waals surface area (Å²) in [4.78, 5) is 0. The van der Waals surface area contributed by atoms with Crippen molar-refractivity contribution in [2.45, 2.75) is 141 Å². The summed E-state index contributed by atoms with van der Waals surface area (Å²) in [6, 6.07) is 0.109. The molecule has 0 radical (unpaired) electrons. The Balaban J connectivity index is 0.00000353. The molecule has 5 nitrogen and oxygen atoms in total. The van der Waals surface area contributed by atoms with E-state index in [1.807, 2.05) is 0 Å². The molecular formula is C33H60BrNO4. The van der Waals surface area contributed by atoms with Gasteiger partial charge >= 0.3 is 0 Å². The van der Waals surface area contributed by atoms with Gasteiger partial charge in [0, 0.05) is 37.6 Å². The smallest absolute Gasteiger partial charge is 0.111 e. The zero-order chi connectivity index (χ0) is 27.3. The first kappa shape index (κ1) is 32.2. The van der Waals surface area contributed by atoms with E-state index in [1.165, 1.54) is 44.9 Å². The van der Waals surface area contributed by atoms with Crippen LogP contribution in [0.5, 0.6) is 0 Å². The zero-order valence-corrected chi connectivity index (χ0v) is 27.3. The highest BCUT2D eigenvalue weighted by molar-refractivity contribution is 8.93. The molecule has 0 aromatic carbocycles. The fourth-order valence-corrected chi connectivity index (χ4v) is 11.2. The van der Waals surface area contributed by atoms with Gasteiger partial charge in [0.15, 0.2) is 0 Å². The first-order valence-electron chi connectivity index (χ1n) is 16.4. The summed E-state index contributed by atoms with van der Waals surface area (Å²) in [7, 11) is 0. The van der Waals surface area contributed by atoms with Gasteiger partial charge in [-0.3, -0.25) is 0 Å². The van der Waals surface area contributed by atoms with E-state index in [0.29, 0.717) is 30.1 Å². The number of halogens is 1. The van der Waals surface area contributed by atoms with Crippen molar-refractivity contribution in [1.82, 2.24) is 5.32 Å². The molecule has 6 heteroatoms. The molecule has 0 amide bonds. The Hall–Kier alpha value is 0.280. The molecule has 228 valence electrons. The zero-order valence-electron chi connectivity index (χ0n) is 25.6. The molecule has 5 aliphatic rings. The number of rotatable bonds is 12. The normalized spacial score (nSPS) is 45.2. The first-order chi connectivity index (χ1) is 18.1. The lowest BCUT2D eigenvalue weighted by atomic mass is 9.42. The van der Waals surface area contributed by atoms with Crippen LogP contribution in [-0.2, 0) is 4.74 Å². The highest BCUT2D eigenvalue weighted by Crippen LogP contribution is 2.78. The number of ether oxygens (including phenoxy) is 1. The maximum atomic E-state index is 10.8. The summed E-state index contributed by atoms with van der Waals surface area (Å²) < 4.78 is 7.01. The van der Waals surface area contributed by atoms with E-state index in [0.717, 1.165) is 55.9 Å². The Morgan fingerprint density at radius 1 is 0.872 bits per heavy atom. The van der Waals surface area contributed by atoms with Crippen molar-refractivity contribution in [3.8, 4) is 0 Å². The molecule has 4 N–H and O–H groups in total. The van der Waals surface area contributed by atoms with Crippen molar-refractivity contribution >= 4 is 17.0 Å². The van der Waals surface area contributed by atoms with Crippen LogP contribution >= 0.6 is 17.0 Å². The van der Waals surface area contributed by atoms with Crippen molar-refractivity contribution < 1.29 is 20.1 Å². The summed E-state index contributed by atoms with van der Waals surface area (Å²) in [6.45, 7) is 13.5. The fraction of sp³-hybridized carbons (Fsp3) is 1.00. The maximum absolute atomic E-state index is 10.8. The molecule has 10 atom stereocenters. The van der Waals surface area contributed by atoms with Crippen molar-refractivity contribution in [2.75, 3.05) is 19.8 Å². The van der Waals surface area contributed by atoms with Gasteiger partial charge in [-0.15, -0.1) is 17.0 Å². The van der Waals surface area contributed by atoms with E-state index in [4.69, 9.17) is 4.74 Å². The topological polar surface area (TPSA) is 85.2 Å². The van der Waals surface area contributed by atoms with Crippen LogP contribution in [0.4, 0.5) is 0 Å². The predicted octanol–water partition coefficient (Wildman–Crippen LogP) is 6.27. The highest BCUT2D eigenvalue weighted by Gasteiger charge is 2.83. The van der Waals surface area contributed by atoms with Crippen molar-refractivity contribution in [3.63, 3.8) is 0 Å². The molecule has 0 aromatic rings. The first-order valence-corrected chi connectivity index (χ1v) is 16.4. The lowest BCUT2D eigenvalue weighted by Gasteiger charge is -2.61. The molecule has 39 heavy (non-hydrogen) atoms. The highest BCUT2D eigenvalue weighted by atomic mass is 79.9. The average molecular weight is 615 g/mol. The van der Waals surface area contributed by atoms with E-state index in [2.05, 4.69) is 39.9 Å². The van der Waals surface area contributed by atoms with Gasteiger partial charge in [0.25, 0.3) is 0 Å². The Morgan fingerprint density at radius 2 is 1.59 bits per heavy atom. The van der Waals surface area contributed by atoms with Crippen molar-refractivity contribution in [2.24, 2.45) is 46.3 Å². The molecule has 1 heterocycles. The minimum Gasteiger partial charge on any atom is -0.396 e. The molecule has 1 aliphatic heterocycles. The molecule has 1 spiro atoms. The minimum absolute atomic E-state index is 0. The van der Waals surface area contributed by atoms with Crippen LogP contribution in [0.1, 0.15) is 118 Å². The van der Waals surface area contributed by atoms with Crippen LogP contribution in [0.25, 0.3) is 0 Å². The fourth-order valence-electron chi connectivity index (χ4n) is 11.2. The number of fused-ring (bicyclic) bond motifs is 4. The number of hydrogen-bond donors (Lipinski definition) is 4. The predicted molar refractivity (Wildman–Crippen MR) is 163 cm³/mol. The third-order valence-corrected chi connectivity index (χ3v) is 13.2. The number of epoxide rings is 1. The SMILES string of the molecule is Br.CC(C)CCC[C@@H](C)[C@H]1CC[C@H]2[C@@H]3C[C@]4(CNC(CCO)CCO)O[C@@]45C[C@@H](O)CC[C@]5(C)[C@H]3CC[C@]12C. The van der Waals surface area contributed by atoms with E-state index in [1.54, 1.807) is 0 Å². The second kappa shape index (κ2) is 12.1. The molecule has 0 bridgehead atoms. The molecule has 0 unspecified atom stereocenters. The molecule has 0 aromatic heterocycles. The van der Waals surface area contributed by atoms with E-state index < -0.39 is 0 Å². The number of aliphatic hydroxyl groups excluding tert-OH is 3. The van der Waals surface area contributed by atoms with Gasteiger partial charge in [0.1, 0.15) is 11.2 Å². The number of hydrogen-bond acceptors (Lipinski definition) is 5. The van der Waals surface area contributed by atoms with Gasteiger partial charge in [0.05, 0.1) is 6.10 Å². The summed E-state index contributed by atoms with van der Waals surface area (Å²) in [6.07, 6.45) is 14.5. The Labute approximate surface area is 249 Å². The van der Waals surface area contributed by atoms with Gasteiger partial charge < -0.3 is 25.4 Å². The van der Waals surface area contributed by atoms with E-state index >= 15 is 0 Å². The molecule has 4 aliphatic carbocycles. The van der Waals surface area contributed by atoms with Gasteiger partial charge in [-0.05, 0) is 98.7 Å². The van der Waals surface area contributed by atoms with Crippen LogP contribution in [0.2, 0.25) is 0 Å². The van der Waals surface area contributed by atoms with Crippen LogP contribution in [0.15, 0.2) is 0 Å². The standard InChI is InChI=1S/C33H59NO4.BrH/c1-22(2)7-6-8-23(3)27-9-10-28-26-20-32(21-34-24(13-17-35)14-18-36)33(38-32)19-25(37)11-16-31(33,5)29(26)12-15-30(27,28)4;/h22-29,34-37H,6-21H2,1-5H3;1H/t23-,25+,26+,27-,28+,29+,30-,31-,32-,33-;/m1./s1. The second-order valence-corrected chi connectivity index (χ2v) is 15.5. The third-order valence-electron chi connectivity index (χ3n) is 13.2. The lowest BCUT2D eigenvalue weighted by Crippen LogP contribution is -2.63. The average Bonchev–Trinajstić information content (AvgIpc) is 3.35. The summed E-state index contributed by atoms with van der Waals surface area (Å²) in [5.41, 5.74) is 0.142. The quantitative estimate of drug-likeness (QED) is 0.195. The maximum Gasteiger partial charge on any atom is 0.111 e. The van der Waals surface area contributed by atoms with E-state index in [9.17, 15) is 15.3 Å². The van der Waals surface area contributed by atoms with Gasteiger partial charge in [0.2, 0.25) is 0 Å². The van der Waals surface area contributed by atoms with Crippen LogP contribution < -0.4 is 5.32 Å². The van der Waals surface area contributed by atoms with Crippen molar-refractivity contribution in [1.29, 1.82) is 0 Å². The molecule has 5 rings (SSSR count). The Bertz CT molecular complexity index is 822. The van der Waals surface area contributed by atoms with Gasteiger partial charge in [-0.2, -0.15) is 0 Å². The number of aliphatic hydroxyl groups is 3. The Kier molecular flexibility index (Phi) is 10.00. The molecule has 1 saturated heterocycles. The molecule has 4 saturated carbocycles. The minimum atomic E-state index is -0.261. The molecule has 5 fully saturated rings. The van der Waals surface area contributed by atoms with Crippen LogP contribution in [0.3, 0.4) is 0 Å². The summed E-state index contributed by atoms with van der Waals surface area (Å²) >= 11 is 0. The van der Waals surface area contributed by atoms with Gasteiger partial charge in [-0.1, -0.05) is 53.9 Å². The Morgan fingerprint density at radius 3 is 2.26 bits per heavy atom. The largest absolute Gasteiger partial charge is 0.396 e. The lowest BCUT2D eigenvalue weighted by molar-refractivity contribution is -0.122. The summed E-state index contributed by atoms with van der Waals surface area (Å²) in [5, 5.41) is 33.7. The number of nitrogens with one attached hydrogen (secondary N) is 1. The monoisotopic (exact) mass is 613 g/mol. The van der Waals surface area contributed by atoms with Crippen molar-refractivity contribution in [3.05, 3.63) is 0 Å². The molecular weight excluding hydrogens is 554 g/mol. The van der Waals surface area contributed by atoms with Crippen LogP contribution in [-0.4, -0.2) is 58.4 Å². The van der Waals surface area contributed by atoms with E-state index in [-0.39, 0.29) is 59.0 Å². The van der Waals surface area contributed by atoms with Crippen LogP contribution in [0, 0.1) is 46.3 Å². The van der Waals surface area contributed by atoms with Gasteiger partial charge in [-0.25, -0.2) is 0 Å². The second-order valence-electron chi connectivity index (χ2n) is 15.5. The third kappa shape index (κ3) is 5.32.